The third kappa shape index (κ3) is 4.68. The number of aryl methyl sites for hydroxylation is 1. The summed E-state index contributed by atoms with van der Waals surface area (Å²) in [5.41, 5.74) is 0.897. The molecule has 0 saturated carbocycles. The summed E-state index contributed by atoms with van der Waals surface area (Å²) in [6.07, 6.45) is 1.36. The standard InChI is InChI=1S/C15H20ClN3O3/c1-9(2)7-20-11(4)15-18-14(22-19-15)8-21-12-6-17-13(16)5-10(12)3/h5-6,9,11H,7-8H2,1-4H3/t11-/m1/s1. The minimum Gasteiger partial charge on any atom is -0.482 e. The molecule has 2 heterocycles. The van der Waals surface area contributed by atoms with Gasteiger partial charge in [0, 0.05) is 6.61 Å². The molecular weight excluding hydrogens is 306 g/mol. The van der Waals surface area contributed by atoms with E-state index in [0.29, 0.717) is 35.1 Å². The molecule has 0 aromatic carbocycles. The fourth-order valence-electron chi connectivity index (χ4n) is 1.70. The molecule has 2 aromatic heterocycles. The van der Waals surface area contributed by atoms with E-state index in [0.717, 1.165) is 5.56 Å². The van der Waals surface area contributed by atoms with Gasteiger partial charge in [-0.15, -0.1) is 0 Å². The maximum Gasteiger partial charge on any atom is 0.264 e. The Balaban J connectivity index is 1.91. The SMILES string of the molecule is Cc1cc(Cl)ncc1OCc1nc([C@@H](C)OCC(C)C)no1. The molecule has 2 aromatic rings. The Morgan fingerprint density at radius 2 is 2.09 bits per heavy atom. The van der Waals surface area contributed by atoms with Crippen molar-refractivity contribution in [2.75, 3.05) is 6.61 Å². The molecule has 1 atom stereocenters. The zero-order valence-electron chi connectivity index (χ0n) is 13.2. The number of pyridine rings is 1. The lowest BCUT2D eigenvalue weighted by molar-refractivity contribution is 0.0402. The van der Waals surface area contributed by atoms with Crippen LogP contribution in [0.2, 0.25) is 5.15 Å². The van der Waals surface area contributed by atoms with E-state index in [2.05, 4.69) is 29.0 Å². The third-order valence-corrected chi connectivity index (χ3v) is 3.11. The molecule has 0 bridgehead atoms. The first kappa shape index (κ1) is 16.7. The monoisotopic (exact) mass is 325 g/mol. The summed E-state index contributed by atoms with van der Waals surface area (Å²) in [6, 6.07) is 1.73. The largest absolute Gasteiger partial charge is 0.482 e. The molecule has 0 radical (unpaired) electrons. The van der Waals surface area contributed by atoms with Gasteiger partial charge in [0.15, 0.2) is 12.4 Å². The maximum absolute atomic E-state index is 5.80. The van der Waals surface area contributed by atoms with Gasteiger partial charge in [-0.25, -0.2) is 4.98 Å². The number of hydrogen-bond donors (Lipinski definition) is 0. The van der Waals surface area contributed by atoms with E-state index in [1.54, 1.807) is 12.3 Å². The van der Waals surface area contributed by atoms with Crippen LogP contribution in [0.15, 0.2) is 16.8 Å². The zero-order valence-corrected chi connectivity index (χ0v) is 13.9. The second-order valence-electron chi connectivity index (χ2n) is 5.48. The number of halogens is 1. The summed E-state index contributed by atoms with van der Waals surface area (Å²) in [5, 5.41) is 4.35. The molecule has 0 amide bonds. The Morgan fingerprint density at radius 3 is 2.77 bits per heavy atom. The quantitative estimate of drug-likeness (QED) is 0.722. The molecule has 0 aliphatic carbocycles. The van der Waals surface area contributed by atoms with Gasteiger partial charge in [0.05, 0.1) is 6.20 Å². The number of aromatic nitrogens is 3. The van der Waals surface area contributed by atoms with Gasteiger partial charge in [-0.1, -0.05) is 30.6 Å². The van der Waals surface area contributed by atoms with Gasteiger partial charge in [-0.2, -0.15) is 4.98 Å². The summed E-state index contributed by atoms with van der Waals surface area (Å²) in [5.74, 6) is 2.00. The number of hydrogen-bond acceptors (Lipinski definition) is 6. The molecule has 0 aliphatic rings. The summed E-state index contributed by atoms with van der Waals surface area (Å²) in [7, 11) is 0. The van der Waals surface area contributed by atoms with Crippen LogP contribution in [-0.2, 0) is 11.3 Å². The van der Waals surface area contributed by atoms with E-state index < -0.39 is 0 Å². The van der Waals surface area contributed by atoms with Gasteiger partial charge in [0.2, 0.25) is 0 Å². The van der Waals surface area contributed by atoms with Crippen LogP contribution in [0, 0.1) is 12.8 Å². The summed E-state index contributed by atoms with van der Waals surface area (Å²) >= 11 is 5.80. The molecule has 0 fully saturated rings. The van der Waals surface area contributed by atoms with Crippen molar-refractivity contribution < 1.29 is 14.0 Å². The minimum atomic E-state index is -0.209. The highest BCUT2D eigenvalue weighted by atomic mass is 35.5. The lowest BCUT2D eigenvalue weighted by atomic mass is 10.2. The van der Waals surface area contributed by atoms with Crippen LogP contribution >= 0.6 is 11.6 Å². The van der Waals surface area contributed by atoms with Gasteiger partial charge in [-0.05, 0) is 31.4 Å². The van der Waals surface area contributed by atoms with Crippen molar-refractivity contribution in [2.24, 2.45) is 5.92 Å². The zero-order chi connectivity index (χ0) is 16.1. The average molecular weight is 326 g/mol. The Morgan fingerprint density at radius 1 is 1.32 bits per heavy atom. The Bertz CT molecular complexity index is 616. The first-order valence-corrected chi connectivity index (χ1v) is 7.52. The second kappa shape index (κ2) is 7.56. The lowest BCUT2D eigenvalue weighted by Gasteiger charge is -2.10. The highest BCUT2D eigenvalue weighted by molar-refractivity contribution is 6.29. The molecule has 120 valence electrons. The van der Waals surface area contributed by atoms with Crippen LogP contribution < -0.4 is 4.74 Å². The fourth-order valence-corrected chi connectivity index (χ4v) is 1.92. The smallest absolute Gasteiger partial charge is 0.264 e. The first-order chi connectivity index (χ1) is 10.5. The minimum absolute atomic E-state index is 0.175. The highest BCUT2D eigenvalue weighted by Gasteiger charge is 2.15. The van der Waals surface area contributed by atoms with E-state index in [1.807, 2.05) is 13.8 Å². The second-order valence-corrected chi connectivity index (χ2v) is 5.86. The van der Waals surface area contributed by atoms with Crippen molar-refractivity contribution in [3.05, 3.63) is 34.7 Å². The van der Waals surface area contributed by atoms with E-state index >= 15 is 0 Å². The molecule has 0 spiro atoms. The molecule has 2 rings (SSSR count). The van der Waals surface area contributed by atoms with Gasteiger partial charge in [0.1, 0.15) is 17.0 Å². The number of ether oxygens (including phenoxy) is 2. The molecule has 0 saturated heterocycles. The van der Waals surface area contributed by atoms with Gasteiger partial charge < -0.3 is 14.0 Å². The number of nitrogens with zero attached hydrogens (tertiary/aromatic N) is 3. The summed E-state index contributed by atoms with van der Waals surface area (Å²) in [4.78, 5) is 8.26. The molecule has 0 N–H and O–H groups in total. The predicted octanol–water partition coefficient (Wildman–Crippen LogP) is 3.74. The molecule has 6 nitrogen and oxygen atoms in total. The van der Waals surface area contributed by atoms with Crippen LogP contribution in [0.1, 0.15) is 44.2 Å². The Hall–Kier alpha value is -1.66. The lowest BCUT2D eigenvalue weighted by Crippen LogP contribution is -2.08. The normalized spacial score (nSPS) is 12.6. The van der Waals surface area contributed by atoms with Crippen molar-refractivity contribution in [3.63, 3.8) is 0 Å². The van der Waals surface area contributed by atoms with Crippen molar-refractivity contribution >= 4 is 11.6 Å². The molecule has 0 aliphatic heterocycles. The van der Waals surface area contributed by atoms with E-state index in [9.17, 15) is 0 Å². The van der Waals surface area contributed by atoms with Crippen LogP contribution in [0.4, 0.5) is 0 Å². The van der Waals surface area contributed by atoms with Crippen molar-refractivity contribution in [1.29, 1.82) is 0 Å². The van der Waals surface area contributed by atoms with E-state index in [-0.39, 0.29) is 12.7 Å². The topological polar surface area (TPSA) is 70.3 Å². The molecule has 22 heavy (non-hydrogen) atoms. The summed E-state index contributed by atoms with van der Waals surface area (Å²) < 4.78 is 16.4. The van der Waals surface area contributed by atoms with Crippen LogP contribution in [0.5, 0.6) is 5.75 Å². The fraction of sp³-hybridized carbons (Fsp3) is 0.533. The van der Waals surface area contributed by atoms with Crippen molar-refractivity contribution in [2.45, 2.75) is 40.4 Å². The first-order valence-electron chi connectivity index (χ1n) is 7.14. The maximum atomic E-state index is 5.80. The molecular formula is C15H20ClN3O3. The Kier molecular flexibility index (Phi) is 5.74. The number of rotatable bonds is 7. The molecule has 0 unspecified atom stereocenters. The van der Waals surface area contributed by atoms with Gasteiger partial charge in [-0.3, -0.25) is 0 Å². The van der Waals surface area contributed by atoms with Crippen molar-refractivity contribution in [1.82, 2.24) is 15.1 Å². The van der Waals surface area contributed by atoms with E-state index in [1.165, 1.54) is 0 Å². The highest BCUT2D eigenvalue weighted by Crippen LogP contribution is 2.20. The van der Waals surface area contributed by atoms with Crippen LogP contribution in [0.25, 0.3) is 0 Å². The van der Waals surface area contributed by atoms with E-state index in [4.69, 9.17) is 25.6 Å². The van der Waals surface area contributed by atoms with Gasteiger partial charge in [0.25, 0.3) is 5.89 Å². The van der Waals surface area contributed by atoms with Crippen molar-refractivity contribution in [3.8, 4) is 5.75 Å². The van der Waals surface area contributed by atoms with Gasteiger partial charge >= 0.3 is 0 Å². The Labute approximate surface area is 134 Å². The predicted molar refractivity (Wildman–Crippen MR) is 81.8 cm³/mol. The van der Waals surface area contributed by atoms with Crippen LogP contribution in [-0.4, -0.2) is 21.7 Å². The third-order valence-electron chi connectivity index (χ3n) is 2.91. The van der Waals surface area contributed by atoms with Crippen LogP contribution in [0.3, 0.4) is 0 Å². The average Bonchev–Trinajstić information content (AvgIpc) is 2.92. The summed E-state index contributed by atoms with van der Waals surface area (Å²) in [6.45, 7) is 8.79. The molecule has 7 heteroatoms.